The van der Waals surface area contributed by atoms with Gasteiger partial charge in [-0.25, -0.2) is 15.0 Å². The zero-order valence-electron chi connectivity index (χ0n) is 8.74. The number of amides is 1. The van der Waals surface area contributed by atoms with Gasteiger partial charge in [-0.2, -0.15) is 0 Å². The molecular weight excluding hydrogens is 226 g/mol. The zero-order valence-corrected chi connectivity index (χ0v) is 8.74. The highest BCUT2D eigenvalue weighted by molar-refractivity contribution is 5.75. The van der Waals surface area contributed by atoms with Crippen LogP contribution < -0.4 is 5.73 Å². The summed E-state index contributed by atoms with van der Waals surface area (Å²) in [6.45, 7) is 0. The van der Waals surface area contributed by atoms with Gasteiger partial charge in [-0.3, -0.25) is 4.79 Å². The lowest BCUT2D eigenvalue weighted by Gasteiger charge is -2.15. The first-order chi connectivity index (χ1) is 8.09. The lowest BCUT2D eigenvalue weighted by atomic mass is 10.1. The minimum absolute atomic E-state index is 0.182. The number of hydrogen-bond donors (Lipinski definition) is 4. The molecule has 17 heavy (non-hydrogen) atoms. The number of aliphatic hydroxyl groups excluding tert-OH is 2. The number of rotatable bonds is 4. The summed E-state index contributed by atoms with van der Waals surface area (Å²) in [6, 6.07) is 0. The summed E-state index contributed by atoms with van der Waals surface area (Å²) in [5.41, 5.74) is 5.92. The number of nitrogens with two attached hydrogens (primary N) is 1. The smallest absolute Gasteiger partial charge is 0.220 e. The van der Waals surface area contributed by atoms with Crippen LogP contribution in [-0.2, 0) is 4.79 Å². The molecule has 0 aliphatic heterocycles. The molecular formula is C9H11N5O3. The van der Waals surface area contributed by atoms with Gasteiger partial charge in [0.15, 0.2) is 5.65 Å². The predicted molar refractivity (Wildman–Crippen MR) is 56.5 cm³/mol. The molecule has 0 bridgehead atoms. The molecule has 0 saturated carbocycles. The molecule has 90 valence electrons. The number of aliphatic hydroxyl groups is 2. The summed E-state index contributed by atoms with van der Waals surface area (Å²) in [5.74, 6) is -0.702. The van der Waals surface area contributed by atoms with Gasteiger partial charge in [-0.1, -0.05) is 0 Å². The molecule has 0 saturated heterocycles. The first-order valence-electron chi connectivity index (χ1n) is 4.88. The SMILES string of the molecule is NC(=O)CC(O)C(O)c1ncnc2nc[nH]c12. The second kappa shape index (κ2) is 4.44. The first kappa shape index (κ1) is 11.4. The van der Waals surface area contributed by atoms with Crippen molar-refractivity contribution in [3.05, 3.63) is 18.3 Å². The molecule has 8 nitrogen and oxygen atoms in total. The molecule has 0 aromatic carbocycles. The fourth-order valence-electron chi connectivity index (χ4n) is 1.51. The lowest BCUT2D eigenvalue weighted by molar-refractivity contribution is -0.121. The highest BCUT2D eigenvalue weighted by Crippen LogP contribution is 2.21. The molecule has 0 radical (unpaired) electrons. The van der Waals surface area contributed by atoms with Crippen LogP contribution in [0.5, 0.6) is 0 Å². The highest BCUT2D eigenvalue weighted by Gasteiger charge is 2.24. The van der Waals surface area contributed by atoms with Crippen LogP contribution in [0.2, 0.25) is 0 Å². The fourth-order valence-corrected chi connectivity index (χ4v) is 1.51. The van der Waals surface area contributed by atoms with E-state index >= 15 is 0 Å². The van der Waals surface area contributed by atoms with E-state index in [4.69, 9.17) is 5.73 Å². The number of fused-ring (bicyclic) bond motifs is 1. The highest BCUT2D eigenvalue weighted by atomic mass is 16.3. The van der Waals surface area contributed by atoms with Gasteiger partial charge in [0.05, 0.1) is 18.9 Å². The van der Waals surface area contributed by atoms with E-state index in [-0.39, 0.29) is 12.1 Å². The minimum Gasteiger partial charge on any atom is -0.389 e. The molecule has 2 rings (SSSR count). The van der Waals surface area contributed by atoms with E-state index in [1.54, 1.807) is 0 Å². The summed E-state index contributed by atoms with van der Waals surface area (Å²) in [6.07, 6.45) is -0.363. The number of carbonyl (C=O) groups is 1. The van der Waals surface area contributed by atoms with Gasteiger partial charge in [0, 0.05) is 0 Å². The number of nitrogens with one attached hydrogen (secondary N) is 1. The number of carbonyl (C=O) groups excluding carboxylic acids is 1. The van der Waals surface area contributed by atoms with Gasteiger partial charge >= 0.3 is 0 Å². The molecule has 2 unspecified atom stereocenters. The van der Waals surface area contributed by atoms with Crippen molar-refractivity contribution in [2.24, 2.45) is 5.73 Å². The van der Waals surface area contributed by atoms with Gasteiger partial charge in [-0.05, 0) is 0 Å². The predicted octanol–water partition coefficient (Wildman–Crippen LogP) is -1.38. The largest absolute Gasteiger partial charge is 0.389 e. The number of imidazole rings is 1. The zero-order chi connectivity index (χ0) is 12.4. The van der Waals surface area contributed by atoms with Crippen molar-refractivity contribution in [3.63, 3.8) is 0 Å². The topological polar surface area (TPSA) is 138 Å². The Morgan fingerprint density at radius 1 is 1.41 bits per heavy atom. The number of hydrogen-bond acceptors (Lipinski definition) is 6. The van der Waals surface area contributed by atoms with Gasteiger partial charge in [-0.15, -0.1) is 0 Å². The maximum absolute atomic E-state index is 10.7. The van der Waals surface area contributed by atoms with Crippen LogP contribution in [0, 0.1) is 0 Å². The average Bonchev–Trinajstić information content (AvgIpc) is 2.74. The van der Waals surface area contributed by atoms with Crippen molar-refractivity contribution >= 4 is 17.1 Å². The molecule has 2 heterocycles. The van der Waals surface area contributed by atoms with Crippen LogP contribution in [0.3, 0.4) is 0 Å². The van der Waals surface area contributed by atoms with Crippen molar-refractivity contribution < 1.29 is 15.0 Å². The monoisotopic (exact) mass is 237 g/mol. The Morgan fingerprint density at radius 3 is 2.88 bits per heavy atom. The molecule has 2 atom stereocenters. The minimum atomic E-state index is -1.33. The van der Waals surface area contributed by atoms with E-state index in [1.807, 2.05) is 0 Å². The van der Waals surface area contributed by atoms with Gasteiger partial charge in [0.1, 0.15) is 23.6 Å². The molecule has 0 aliphatic rings. The van der Waals surface area contributed by atoms with Crippen LogP contribution in [-0.4, -0.2) is 42.2 Å². The van der Waals surface area contributed by atoms with E-state index < -0.39 is 18.1 Å². The Morgan fingerprint density at radius 2 is 2.18 bits per heavy atom. The summed E-state index contributed by atoms with van der Waals surface area (Å²) in [7, 11) is 0. The van der Waals surface area contributed by atoms with Gasteiger partial charge in [0.25, 0.3) is 0 Å². The lowest BCUT2D eigenvalue weighted by Crippen LogP contribution is -2.26. The van der Waals surface area contributed by atoms with Crippen LogP contribution >= 0.6 is 0 Å². The summed E-state index contributed by atoms with van der Waals surface area (Å²) < 4.78 is 0. The standard InChI is InChI=1S/C9H11N5O3/c10-5(16)1-4(15)8(17)6-7-9(13-2-11-6)14-3-12-7/h2-4,8,15,17H,1H2,(H2,10,16)(H,11,12,13,14). The molecule has 0 aliphatic carbocycles. The van der Waals surface area contributed by atoms with E-state index in [0.717, 1.165) is 0 Å². The van der Waals surface area contributed by atoms with E-state index in [2.05, 4.69) is 19.9 Å². The van der Waals surface area contributed by atoms with E-state index in [9.17, 15) is 15.0 Å². The Kier molecular flexibility index (Phi) is 2.98. The Balaban J connectivity index is 2.32. The van der Waals surface area contributed by atoms with E-state index in [0.29, 0.717) is 11.2 Å². The first-order valence-corrected chi connectivity index (χ1v) is 4.88. The van der Waals surface area contributed by atoms with Crippen molar-refractivity contribution in [2.75, 3.05) is 0 Å². The average molecular weight is 237 g/mol. The quantitative estimate of drug-likeness (QED) is 0.517. The molecule has 0 spiro atoms. The fraction of sp³-hybridized carbons (Fsp3) is 0.333. The third kappa shape index (κ3) is 2.22. The van der Waals surface area contributed by atoms with Gasteiger partial charge < -0.3 is 20.9 Å². The Bertz CT molecular complexity index is 540. The molecule has 1 amide bonds. The third-order valence-corrected chi connectivity index (χ3v) is 2.31. The number of nitrogens with zero attached hydrogens (tertiary/aromatic N) is 3. The van der Waals surface area contributed by atoms with Crippen molar-refractivity contribution in [3.8, 4) is 0 Å². The summed E-state index contributed by atoms with van der Waals surface area (Å²) in [4.78, 5) is 25.0. The van der Waals surface area contributed by atoms with Crippen LogP contribution in [0.15, 0.2) is 12.7 Å². The van der Waals surface area contributed by atoms with Crippen molar-refractivity contribution in [1.82, 2.24) is 19.9 Å². The van der Waals surface area contributed by atoms with Crippen molar-refractivity contribution in [2.45, 2.75) is 18.6 Å². The van der Waals surface area contributed by atoms with E-state index in [1.165, 1.54) is 12.7 Å². The molecule has 0 fully saturated rings. The van der Waals surface area contributed by atoms with Gasteiger partial charge in [0.2, 0.25) is 5.91 Å². The number of primary amides is 1. The third-order valence-electron chi connectivity index (χ3n) is 2.31. The molecule has 8 heteroatoms. The molecule has 2 aromatic rings. The van der Waals surface area contributed by atoms with Crippen LogP contribution in [0.25, 0.3) is 11.2 Å². The maximum Gasteiger partial charge on any atom is 0.220 e. The Labute approximate surface area is 95.5 Å². The van der Waals surface area contributed by atoms with Crippen LogP contribution in [0.4, 0.5) is 0 Å². The van der Waals surface area contributed by atoms with Crippen molar-refractivity contribution in [1.29, 1.82) is 0 Å². The Hall–Kier alpha value is -2.06. The molecule has 2 aromatic heterocycles. The molecule has 5 N–H and O–H groups in total. The maximum atomic E-state index is 10.7. The van der Waals surface area contributed by atoms with Crippen LogP contribution in [0.1, 0.15) is 18.2 Å². The second-order valence-corrected chi connectivity index (χ2v) is 3.54. The number of aromatic nitrogens is 4. The number of aromatic amines is 1. The normalized spacial score (nSPS) is 14.7. The summed E-state index contributed by atoms with van der Waals surface area (Å²) >= 11 is 0. The summed E-state index contributed by atoms with van der Waals surface area (Å²) in [5, 5.41) is 19.5. The number of H-pyrrole nitrogens is 1. The second-order valence-electron chi connectivity index (χ2n) is 3.54.